The van der Waals surface area contributed by atoms with Gasteiger partial charge in [0.15, 0.2) is 17.3 Å². The molecule has 0 saturated heterocycles. The summed E-state index contributed by atoms with van der Waals surface area (Å²) in [5.74, 6) is 0.795. The highest BCUT2D eigenvalue weighted by Gasteiger charge is 2.46. The molecule has 1 unspecified atom stereocenters. The Bertz CT molecular complexity index is 1580. The van der Waals surface area contributed by atoms with Crippen LogP contribution in [0.1, 0.15) is 43.7 Å². The van der Waals surface area contributed by atoms with Gasteiger partial charge in [-0.3, -0.25) is 9.69 Å². The lowest BCUT2D eigenvalue weighted by atomic mass is 9.68. The van der Waals surface area contributed by atoms with Crippen LogP contribution >= 0.6 is 0 Å². The molecular formula is C30H24F3N3O3. The first-order valence-electron chi connectivity index (χ1n) is 12.5. The molecule has 0 fully saturated rings. The highest BCUT2D eigenvalue weighted by Crippen LogP contribution is 2.53. The molecule has 3 aliphatic rings. The highest BCUT2D eigenvalue weighted by atomic mass is 19.4. The number of carbonyl (C=O) groups excluding carboxylic acids is 1. The largest absolute Gasteiger partial charge is 0.454 e. The van der Waals surface area contributed by atoms with Crippen molar-refractivity contribution < 1.29 is 27.4 Å². The number of benzene rings is 2. The second-order valence-corrected chi connectivity index (χ2v) is 10.7. The number of carbonyl (C=O) groups is 1. The number of hydrogen-bond acceptors (Lipinski definition) is 5. The van der Waals surface area contributed by atoms with Gasteiger partial charge in [-0.1, -0.05) is 19.9 Å². The Morgan fingerprint density at radius 3 is 2.36 bits per heavy atom. The number of hydrogen-bond donors (Lipinski definition) is 0. The first-order valence-corrected chi connectivity index (χ1v) is 12.5. The number of anilines is 1. The monoisotopic (exact) mass is 531 g/mol. The van der Waals surface area contributed by atoms with Crippen LogP contribution in [0.5, 0.6) is 11.5 Å². The van der Waals surface area contributed by atoms with E-state index in [1.165, 1.54) is 12.1 Å². The summed E-state index contributed by atoms with van der Waals surface area (Å²) in [5.41, 5.74) is 1.40. The number of allylic oxidation sites excluding steroid dienone is 3. The number of halogens is 3. The molecule has 3 heterocycles. The van der Waals surface area contributed by atoms with Crippen LogP contribution in [-0.2, 0) is 11.0 Å². The van der Waals surface area contributed by atoms with Crippen LogP contribution < -0.4 is 14.4 Å². The zero-order valence-electron chi connectivity index (χ0n) is 21.2. The second kappa shape index (κ2) is 8.80. The van der Waals surface area contributed by atoms with Crippen molar-refractivity contribution in [2.75, 3.05) is 11.7 Å². The Balaban J connectivity index is 1.63. The van der Waals surface area contributed by atoms with E-state index in [1.54, 1.807) is 34.0 Å². The number of nitriles is 1. The van der Waals surface area contributed by atoms with Crippen molar-refractivity contribution in [1.82, 2.24) is 4.57 Å². The van der Waals surface area contributed by atoms with Gasteiger partial charge in [-0.2, -0.15) is 18.4 Å². The van der Waals surface area contributed by atoms with Gasteiger partial charge < -0.3 is 14.0 Å². The Labute approximate surface area is 223 Å². The maximum atomic E-state index is 13.9. The summed E-state index contributed by atoms with van der Waals surface area (Å²) in [6, 6.07) is 16.2. The first kappa shape index (κ1) is 24.9. The van der Waals surface area contributed by atoms with Gasteiger partial charge in [0, 0.05) is 35.8 Å². The quantitative estimate of drug-likeness (QED) is 0.369. The van der Waals surface area contributed by atoms with Gasteiger partial charge in [0.1, 0.15) is 5.82 Å². The number of ketones is 1. The molecule has 1 aromatic heterocycles. The van der Waals surface area contributed by atoms with Crippen LogP contribution in [0, 0.1) is 16.7 Å². The van der Waals surface area contributed by atoms with Crippen molar-refractivity contribution in [1.29, 1.82) is 5.26 Å². The second-order valence-electron chi connectivity index (χ2n) is 10.7. The first-order chi connectivity index (χ1) is 18.6. The minimum Gasteiger partial charge on any atom is -0.454 e. The third-order valence-corrected chi connectivity index (χ3v) is 7.35. The molecule has 39 heavy (non-hydrogen) atoms. The molecule has 0 spiro atoms. The van der Waals surface area contributed by atoms with Gasteiger partial charge in [-0.15, -0.1) is 0 Å². The van der Waals surface area contributed by atoms with Gasteiger partial charge in [0.25, 0.3) is 0 Å². The van der Waals surface area contributed by atoms with Crippen LogP contribution in [0.2, 0.25) is 0 Å². The predicted octanol–water partition coefficient (Wildman–Crippen LogP) is 6.87. The lowest BCUT2D eigenvalue weighted by Gasteiger charge is -2.45. The Morgan fingerprint density at radius 2 is 1.69 bits per heavy atom. The lowest BCUT2D eigenvalue weighted by molar-refractivity contribution is -0.137. The fraction of sp³-hybridized carbons (Fsp3) is 0.267. The molecule has 9 heteroatoms. The normalized spacial score (nSPS) is 20.3. The van der Waals surface area contributed by atoms with Crippen molar-refractivity contribution in [3.05, 3.63) is 95.0 Å². The van der Waals surface area contributed by atoms with E-state index in [4.69, 9.17) is 9.47 Å². The van der Waals surface area contributed by atoms with E-state index in [-0.39, 0.29) is 19.0 Å². The molecule has 6 nitrogen and oxygen atoms in total. The van der Waals surface area contributed by atoms with E-state index in [0.717, 1.165) is 12.1 Å². The summed E-state index contributed by atoms with van der Waals surface area (Å²) in [7, 11) is 0. The lowest BCUT2D eigenvalue weighted by Crippen LogP contribution is -2.40. The summed E-state index contributed by atoms with van der Waals surface area (Å²) in [5, 5.41) is 10.6. The molecule has 2 aliphatic heterocycles. The number of alkyl halides is 3. The van der Waals surface area contributed by atoms with Crippen LogP contribution in [0.15, 0.2) is 83.8 Å². The third-order valence-electron chi connectivity index (χ3n) is 7.35. The Kier molecular flexibility index (Phi) is 5.61. The topological polar surface area (TPSA) is 67.5 Å². The van der Waals surface area contributed by atoms with E-state index in [9.17, 15) is 23.2 Å². The molecule has 2 aromatic carbocycles. The smallest absolute Gasteiger partial charge is 0.416 e. The molecule has 1 atom stereocenters. The zero-order chi connectivity index (χ0) is 27.5. The fourth-order valence-corrected chi connectivity index (χ4v) is 5.70. The van der Waals surface area contributed by atoms with Gasteiger partial charge in [-0.05, 0) is 65.9 Å². The number of rotatable bonds is 3. The molecule has 0 saturated carbocycles. The van der Waals surface area contributed by atoms with E-state index >= 15 is 0 Å². The fourth-order valence-electron chi connectivity index (χ4n) is 5.70. The van der Waals surface area contributed by atoms with Gasteiger partial charge in [-0.25, -0.2) is 0 Å². The standard InChI is InChI=1S/C30H24F3N3O3/c1-29(2)14-22-27(23(37)15-29)26(18-5-10-24-25(13-18)39-17-38-24)21(16-34)28(35-11-3-4-12-35)36(22)20-8-6-19(7-9-20)30(31,32)33/h3-13,26H,14-15,17H2,1-2H3. The van der Waals surface area contributed by atoms with Crippen molar-refractivity contribution >= 4 is 17.3 Å². The SMILES string of the molecule is CC1(C)CC(=O)C2=C(C1)N(c1ccc(C(F)(F)F)cc1)C(n1cccc1)=C(C#N)C2c1ccc2c(c1)OCO2. The summed E-state index contributed by atoms with van der Waals surface area (Å²) in [6.07, 6.45) is -0.163. The molecule has 0 bridgehead atoms. The van der Waals surface area contributed by atoms with E-state index in [0.29, 0.717) is 51.8 Å². The molecule has 0 N–H and O–H groups in total. The predicted molar refractivity (Wildman–Crippen MR) is 138 cm³/mol. The van der Waals surface area contributed by atoms with E-state index in [2.05, 4.69) is 6.07 Å². The summed E-state index contributed by atoms with van der Waals surface area (Å²) >= 11 is 0. The summed E-state index contributed by atoms with van der Waals surface area (Å²) in [4.78, 5) is 15.6. The Morgan fingerprint density at radius 1 is 1.00 bits per heavy atom. The molecule has 198 valence electrons. The number of aromatic nitrogens is 1. The number of ether oxygens (including phenoxy) is 2. The maximum Gasteiger partial charge on any atom is 0.416 e. The van der Waals surface area contributed by atoms with Crippen LogP contribution in [0.25, 0.3) is 5.82 Å². The molecular weight excluding hydrogens is 507 g/mol. The maximum absolute atomic E-state index is 13.9. The van der Waals surface area contributed by atoms with Crippen molar-refractivity contribution in [3.63, 3.8) is 0 Å². The van der Waals surface area contributed by atoms with Crippen LogP contribution in [-0.4, -0.2) is 17.1 Å². The van der Waals surface area contributed by atoms with Gasteiger partial charge >= 0.3 is 6.18 Å². The third kappa shape index (κ3) is 4.16. The van der Waals surface area contributed by atoms with E-state index < -0.39 is 23.1 Å². The van der Waals surface area contributed by atoms with Gasteiger partial charge in [0.2, 0.25) is 6.79 Å². The van der Waals surface area contributed by atoms with E-state index in [1.807, 2.05) is 32.0 Å². The van der Waals surface area contributed by atoms with Crippen molar-refractivity contribution in [2.24, 2.45) is 5.41 Å². The molecule has 6 rings (SSSR count). The average molecular weight is 532 g/mol. The van der Waals surface area contributed by atoms with Crippen molar-refractivity contribution in [3.8, 4) is 17.6 Å². The van der Waals surface area contributed by atoms with Crippen LogP contribution in [0.3, 0.4) is 0 Å². The summed E-state index contributed by atoms with van der Waals surface area (Å²) < 4.78 is 53.0. The number of nitrogens with zero attached hydrogens (tertiary/aromatic N) is 3. The minimum atomic E-state index is -4.49. The highest BCUT2D eigenvalue weighted by molar-refractivity contribution is 6.03. The number of Topliss-reactive ketones (excluding diaryl/α,β-unsaturated/α-hetero) is 1. The number of fused-ring (bicyclic) bond motifs is 1. The molecule has 1 aliphatic carbocycles. The molecule has 0 radical (unpaired) electrons. The Hall–Kier alpha value is -4.45. The van der Waals surface area contributed by atoms with Crippen LogP contribution in [0.4, 0.5) is 18.9 Å². The van der Waals surface area contributed by atoms with Crippen molar-refractivity contribution in [2.45, 2.75) is 38.8 Å². The summed E-state index contributed by atoms with van der Waals surface area (Å²) in [6.45, 7) is 4.07. The minimum absolute atomic E-state index is 0.0851. The molecule has 3 aromatic rings. The average Bonchev–Trinajstić information content (AvgIpc) is 3.58. The zero-order valence-corrected chi connectivity index (χ0v) is 21.2. The molecule has 0 amide bonds. The van der Waals surface area contributed by atoms with Gasteiger partial charge in [0.05, 0.1) is 23.1 Å².